The topological polar surface area (TPSA) is 79.3 Å². The summed E-state index contributed by atoms with van der Waals surface area (Å²) >= 11 is 0. The number of hydrogen-bond donors (Lipinski definition) is 2. The van der Waals surface area contributed by atoms with Crippen molar-refractivity contribution in [2.24, 2.45) is 0 Å². The summed E-state index contributed by atoms with van der Waals surface area (Å²) in [6.45, 7) is 5.15. The number of benzene rings is 1. The number of aliphatic hydroxyl groups excluding tert-OH is 1. The van der Waals surface area contributed by atoms with Gasteiger partial charge in [-0.25, -0.2) is 13.4 Å². The Bertz CT molecular complexity index is 770. The fraction of sp³-hybridized carbons (Fsp3) is 0.267. The zero-order valence-electron chi connectivity index (χ0n) is 12.2. The minimum Gasteiger partial charge on any atom is -0.392 e. The van der Waals surface area contributed by atoms with Gasteiger partial charge >= 0.3 is 0 Å². The molecule has 6 heteroatoms. The van der Waals surface area contributed by atoms with E-state index in [1.54, 1.807) is 38.1 Å². The zero-order chi connectivity index (χ0) is 15.6. The summed E-state index contributed by atoms with van der Waals surface area (Å²) in [5, 5.41) is 9.24. The van der Waals surface area contributed by atoms with Crippen LogP contribution in [0.2, 0.25) is 0 Å². The third kappa shape index (κ3) is 3.40. The highest BCUT2D eigenvalue weighted by Gasteiger charge is 2.19. The molecule has 2 N–H and O–H groups in total. The van der Waals surface area contributed by atoms with Gasteiger partial charge in [0.05, 0.1) is 11.5 Å². The third-order valence-electron chi connectivity index (χ3n) is 3.28. The van der Waals surface area contributed by atoms with E-state index in [1.165, 1.54) is 6.07 Å². The molecule has 0 fully saturated rings. The van der Waals surface area contributed by atoms with Gasteiger partial charge in [-0.15, -0.1) is 0 Å². The summed E-state index contributed by atoms with van der Waals surface area (Å²) in [7, 11) is -3.74. The van der Waals surface area contributed by atoms with Crippen molar-refractivity contribution in [1.82, 2.24) is 4.98 Å². The molecular formula is C15H18N2O3S. The second kappa shape index (κ2) is 5.83. The van der Waals surface area contributed by atoms with Crippen LogP contribution in [0.15, 0.2) is 35.2 Å². The van der Waals surface area contributed by atoms with E-state index in [4.69, 9.17) is 0 Å². The van der Waals surface area contributed by atoms with Gasteiger partial charge in [0.25, 0.3) is 10.0 Å². The molecule has 1 aromatic carbocycles. The minimum atomic E-state index is -3.74. The van der Waals surface area contributed by atoms with E-state index >= 15 is 0 Å². The van der Waals surface area contributed by atoms with Gasteiger partial charge in [-0.3, -0.25) is 4.72 Å². The summed E-state index contributed by atoms with van der Waals surface area (Å²) in [4.78, 5) is 4.30. The van der Waals surface area contributed by atoms with E-state index in [-0.39, 0.29) is 17.3 Å². The number of anilines is 1. The van der Waals surface area contributed by atoms with Crippen LogP contribution in [0.5, 0.6) is 0 Å². The molecule has 0 saturated heterocycles. The van der Waals surface area contributed by atoms with Crippen molar-refractivity contribution in [3.63, 3.8) is 0 Å². The Morgan fingerprint density at radius 1 is 1.19 bits per heavy atom. The van der Waals surface area contributed by atoms with E-state index in [0.717, 1.165) is 11.3 Å². The van der Waals surface area contributed by atoms with Crippen LogP contribution in [-0.4, -0.2) is 18.5 Å². The molecule has 1 aromatic heterocycles. The summed E-state index contributed by atoms with van der Waals surface area (Å²) in [5.74, 6) is 0.279. The predicted molar refractivity (Wildman–Crippen MR) is 81.6 cm³/mol. The fourth-order valence-corrected chi connectivity index (χ4v) is 3.43. The number of hydrogen-bond acceptors (Lipinski definition) is 4. The van der Waals surface area contributed by atoms with Crippen LogP contribution in [0.4, 0.5) is 5.82 Å². The predicted octanol–water partition coefficient (Wildman–Crippen LogP) is 2.30. The number of sulfonamides is 1. The Balaban J connectivity index is 2.47. The van der Waals surface area contributed by atoms with Crippen LogP contribution >= 0.6 is 0 Å². The van der Waals surface area contributed by atoms with Gasteiger partial charge in [0, 0.05) is 5.69 Å². The molecule has 0 atom stereocenters. The van der Waals surface area contributed by atoms with Crippen molar-refractivity contribution < 1.29 is 13.5 Å². The SMILES string of the molecule is Cc1cccc(NS(=O)(=O)c2cc(CO)cc(C)c2C)n1. The van der Waals surface area contributed by atoms with E-state index in [1.807, 2.05) is 6.92 Å². The molecule has 0 amide bonds. The van der Waals surface area contributed by atoms with E-state index in [9.17, 15) is 13.5 Å². The van der Waals surface area contributed by atoms with Crippen LogP contribution in [0, 0.1) is 20.8 Å². The highest BCUT2D eigenvalue weighted by molar-refractivity contribution is 7.92. The van der Waals surface area contributed by atoms with Crippen molar-refractivity contribution in [1.29, 1.82) is 0 Å². The number of aromatic nitrogens is 1. The summed E-state index contributed by atoms with van der Waals surface area (Å²) < 4.78 is 27.5. The lowest BCUT2D eigenvalue weighted by Gasteiger charge is -2.13. The van der Waals surface area contributed by atoms with Crippen molar-refractivity contribution in [3.05, 3.63) is 52.7 Å². The largest absolute Gasteiger partial charge is 0.392 e. The minimum absolute atomic E-state index is 0.162. The Morgan fingerprint density at radius 2 is 1.90 bits per heavy atom. The van der Waals surface area contributed by atoms with Crippen molar-refractivity contribution in [2.45, 2.75) is 32.3 Å². The number of nitrogens with zero attached hydrogens (tertiary/aromatic N) is 1. The molecule has 0 aliphatic carbocycles. The molecule has 5 nitrogen and oxygen atoms in total. The van der Waals surface area contributed by atoms with Gasteiger partial charge in [-0.05, 0) is 55.7 Å². The normalized spacial score (nSPS) is 11.4. The van der Waals surface area contributed by atoms with Crippen LogP contribution in [0.3, 0.4) is 0 Å². The molecular weight excluding hydrogens is 288 g/mol. The lowest BCUT2D eigenvalue weighted by molar-refractivity contribution is 0.281. The van der Waals surface area contributed by atoms with Crippen LogP contribution in [0.25, 0.3) is 0 Å². The summed E-state index contributed by atoms with van der Waals surface area (Å²) in [5.41, 5.74) is 2.77. The Morgan fingerprint density at radius 3 is 2.52 bits per heavy atom. The first-order valence-electron chi connectivity index (χ1n) is 6.51. The molecule has 0 aliphatic rings. The second-order valence-corrected chi connectivity index (χ2v) is 6.61. The van der Waals surface area contributed by atoms with Crippen LogP contribution in [0.1, 0.15) is 22.4 Å². The average molecular weight is 306 g/mol. The third-order valence-corrected chi connectivity index (χ3v) is 4.76. The van der Waals surface area contributed by atoms with Crippen LogP contribution < -0.4 is 4.72 Å². The molecule has 0 bridgehead atoms. The highest BCUT2D eigenvalue weighted by Crippen LogP contribution is 2.23. The molecule has 0 radical (unpaired) electrons. The average Bonchev–Trinajstić information content (AvgIpc) is 2.41. The fourth-order valence-electron chi connectivity index (χ4n) is 2.06. The Hall–Kier alpha value is -1.92. The number of aliphatic hydroxyl groups is 1. The first kappa shape index (κ1) is 15.5. The highest BCUT2D eigenvalue weighted by atomic mass is 32.2. The maximum atomic E-state index is 12.5. The first-order valence-corrected chi connectivity index (χ1v) is 7.99. The van der Waals surface area contributed by atoms with Crippen LogP contribution in [-0.2, 0) is 16.6 Å². The molecule has 0 aliphatic heterocycles. The molecule has 0 spiro atoms. The smallest absolute Gasteiger partial charge is 0.263 e. The van der Waals surface area contributed by atoms with Gasteiger partial charge < -0.3 is 5.11 Å². The lowest BCUT2D eigenvalue weighted by atomic mass is 10.1. The number of nitrogens with one attached hydrogen (secondary N) is 1. The van der Waals surface area contributed by atoms with Gasteiger partial charge in [0.2, 0.25) is 0 Å². The van der Waals surface area contributed by atoms with E-state index < -0.39 is 10.0 Å². The van der Waals surface area contributed by atoms with Gasteiger partial charge in [0.1, 0.15) is 5.82 Å². The second-order valence-electron chi connectivity index (χ2n) is 4.96. The van der Waals surface area contributed by atoms with Crippen molar-refractivity contribution >= 4 is 15.8 Å². The Kier molecular flexibility index (Phi) is 4.29. The van der Waals surface area contributed by atoms with Crippen molar-refractivity contribution in [3.8, 4) is 0 Å². The van der Waals surface area contributed by atoms with Gasteiger partial charge in [-0.2, -0.15) is 0 Å². The first-order chi connectivity index (χ1) is 9.83. The maximum Gasteiger partial charge on any atom is 0.263 e. The molecule has 0 saturated carbocycles. The lowest BCUT2D eigenvalue weighted by Crippen LogP contribution is -2.16. The van der Waals surface area contributed by atoms with E-state index in [0.29, 0.717) is 11.1 Å². The van der Waals surface area contributed by atoms with Crippen molar-refractivity contribution in [2.75, 3.05) is 4.72 Å². The Labute approximate surface area is 124 Å². The number of pyridine rings is 1. The van der Waals surface area contributed by atoms with Gasteiger partial charge in [0.15, 0.2) is 0 Å². The monoisotopic (exact) mass is 306 g/mol. The molecule has 112 valence electrons. The summed E-state index contributed by atoms with van der Waals surface area (Å²) in [6, 6.07) is 8.39. The quantitative estimate of drug-likeness (QED) is 0.908. The molecule has 21 heavy (non-hydrogen) atoms. The summed E-state index contributed by atoms with van der Waals surface area (Å²) in [6.07, 6.45) is 0. The standard InChI is InChI=1S/C15H18N2O3S/c1-10-7-13(9-18)8-14(12(10)3)21(19,20)17-15-6-4-5-11(2)16-15/h4-8,18H,9H2,1-3H3,(H,16,17). The number of rotatable bonds is 4. The van der Waals surface area contributed by atoms with E-state index in [2.05, 4.69) is 9.71 Å². The molecule has 1 heterocycles. The van der Waals surface area contributed by atoms with Gasteiger partial charge in [-0.1, -0.05) is 12.1 Å². The molecule has 2 rings (SSSR count). The maximum absolute atomic E-state index is 12.5. The number of aryl methyl sites for hydroxylation is 2. The zero-order valence-corrected chi connectivity index (χ0v) is 13.0. The molecule has 0 unspecified atom stereocenters. The molecule has 2 aromatic rings.